The first-order valence-corrected chi connectivity index (χ1v) is 4.78. The van der Waals surface area contributed by atoms with Crippen LogP contribution in [-0.4, -0.2) is 12.8 Å². The predicted molar refractivity (Wildman–Crippen MR) is 58.6 cm³/mol. The highest BCUT2D eigenvalue weighted by molar-refractivity contribution is 7.13. The number of carbonyl (C=O) groups excluding carboxylic acids is 1. The van der Waals surface area contributed by atoms with Crippen LogP contribution in [0.2, 0.25) is 5.02 Å². The maximum Gasteiger partial charge on any atom is 0.514 e. The van der Waals surface area contributed by atoms with E-state index >= 15 is 0 Å². The number of ether oxygens (including phenoxy) is 2. The zero-order valence-electron chi connectivity index (χ0n) is 7.28. The van der Waals surface area contributed by atoms with Crippen molar-refractivity contribution in [2.45, 2.75) is 6.92 Å². The summed E-state index contributed by atoms with van der Waals surface area (Å²) in [4.78, 5) is 10.8. The third-order valence-electron chi connectivity index (χ3n) is 1.18. The molecule has 14 heavy (non-hydrogen) atoms. The summed E-state index contributed by atoms with van der Waals surface area (Å²) in [5.74, 6) is 0. The van der Waals surface area contributed by atoms with Crippen molar-refractivity contribution >= 4 is 47.2 Å². The topological polar surface area (TPSA) is 61.5 Å². The van der Waals surface area contributed by atoms with Gasteiger partial charge in [-0.15, -0.1) is 23.7 Å². The minimum absolute atomic E-state index is 0. The summed E-state index contributed by atoms with van der Waals surface area (Å²) in [6, 6.07) is 0. The van der Waals surface area contributed by atoms with Crippen molar-refractivity contribution in [2.75, 3.05) is 12.3 Å². The Bertz CT molecular complexity index is 316. The molecule has 0 unspecified atom stereocenters. The van der Waals surface area contributed by atoms with Gasteiger partial charge in [-0.2, -0.15) is 0 Å². The molecule has 7 heteroatoms. The molecule has 0 saturated heterocycles. The summed E-state index contributed by atoms with van der Waals surface area (Å²) >= 11 is 6.79. The van der Waals surface area contributed by atoms with E-state index in [1.165, 1.54) is 0 Å². The fourth-order valence-corrected chi connectivity index (χ4v) is 1.60. The van der Waals surface area contributed by atoms with Crippen LogP contribution in [0.15, 0.2) is 5.38 Å². The first-order valence-electron chi connectivity index (χ1n) is 3.52. The summed E-state index contributed by atoms with van der Waals surface area (Å²) < 4.78 is 9.31. The van der Waals surface area contributed by atoms with Crippen molar-refractivity contribution in [3.8, 4) is 5.06 Å². The smallest absolute Gasteiger partial charge is 0.434 e. The number of halogens is 2. The molecule has 0 spiro atoms. The van der Waals surface area contributed by atoms with E-state index in [4.69, 9.17) is 22.1 Å². The molecule has 0 aliphatic rings. The standard InChI is InChI=1S/C7H8ClNO3S.ClH/c1-2-11-7(10)12-6-5(9)4(8)3-13-6;/h3H,2,9H2,1H3;1H. The third kappa shape index (κ3) is 3.25. The van der Waals surface area contributed by atoms with Crippen molar-refractivity contribution in [3.63, 3.8) is 0 Å². The summed E-state index contributed by atoms with van der Waals surface area (Å²) in [7, 11) is 0. The van der Waals surface area contributed by atoms with Crippen LogP contribution < -0.4 is 10.5 Å². The van der Waals surface area contributed by atoms with Crippen molar-refractivity contribution in [1.29, 1.82) is 0 Å². The van der Waals surface area contributed by atoms with Crippen LogP contribution in [0.1, 0.15) is 6.92 Å². The minimum atomic E-state index is -0.771. The van der Waals surface area contributed by atoms with E-state index in [1.54, 1.807) is 12.3 Å². The number of carbonyl (C=O) groups is 1. The fraction of sp³-hybridized carbons (Fsp3) is 0.286. The van der Waals surface area contributed by atoms with Gasteiger partial charge in [0.25, 0.3) is 0 Å². The van der Waals surface area contributed by atoms with Gasteiger partial charge in [-0.05, 0) is 6.92 Å². The Balaban J connectivity index is 0.00000169. The molecule has 0 aliphatic heterocycles. The summed E-state index contributed by atoms with van der Waals surface area (Å²) in [6.45, 7) is 1.95. The van der Waals surface area contributed by atoms with E-state index in [9.17, 15) is 4.79 Å². The van der Waals surface area contributed by atoms with E-state index < -0.39 is 6.16 Å². The van der Waals surface area contributed by atoms with Crippen LogP contribution in [0.25, 0.3) is 0 Å². The SMILES string of the molecule is CCOC(=O)Oc1scc(Cl)c1N.Cl. The number of rotatable bonds is 2. The van der Waals surface area contributed by atoms with Crippen molar-refractivity contribution < 1.29 is 14.3 Å². The van der Waals surface area contributed by atoms with Crippen LogP contribution in [-0.2, 0) is 4.74 Å². The molecule has 1 rings (SSSR count). The molecule has 80 valence electrons. The van der Waals surface area contributed by atoms with Crippen LogP contribution in [0.4, 0.5) is 10.5 Å². The lowest BCUT2D eigenvalue weighted by molar-refractivity contribution is 0.106. The lowest BCUT2D eigenvalue weighted by Crippen LogP contribution is -2.09. The molecule has 0 radical (unpaired) electrons. The number of hydrogen-bond donors (Lipinski definition) is 1. The lowest BCUT2D eigenvalue weighted by Gasteiger charge is -2.01. The molecule has 0 fully saturated rings. The van der Waals surface area contributed by atoms with Gasteiger partial charge < -0.3 is 15.2 Å². The van der Waals surface area contributed by atoms with Gasteiger partial charge >= 0.3 is 6.16 Å². The second-order valence-electron chi connectivity index (χ2n) is 2.07. The van der Waals surface area contributed by atoms with Crippen LogP contribution in [0, 0.1) is 0 Å². The van der Waals surface area contributed by atoms with Gasteiger partial charge in [-0.25, -0.2) is 4.79 Å². The van der Waals surface area contributed by atoms with Crippen LogP contribution in [0.5, 0.6) is 5.06 Å². The second kappa shape index (κ2) is 5.95. The maximum absolute atomic E-state index is 10.8. The van der Waals surface area contributed by atoms with Gasteiger partial charge in [0.15, 0.2) is 0 Å². The average Bonchev–Trinajstić information content (AvgIpc) is 2.37. The van der Waals surface area contributed by atoms with E-state index in [2.05, 4.69) is 4.74 Å². The third-order valence-corrected chi connectivity index (χ3v) is 2.50. The molecular weight excluding hydrogens is 249 g/mol. The van der Waals surface area contributed by atoms with E-state index in [1.807, 2.05) is 0 Å². The highest BCUT2D eigenvalue weighted by Gasteiger charge is 2.12. The number of anilines is 1. The highest BCUT2D eigenvalue weighted by atomic mass is 35.5. The van der Waals surface area contributed by atoms with E-state index in [0.29, 0.717) is 5.02 Å². The molecule has 0 atom stereocenters. The maximum atomic E-state index is 10.8. The molecule has 1 aromatic rings. The van der Waals surface area contributed by atoms with Crippen LogP contribution in [0.3, 0.4) is 0 Å². The Morgan fingerprint density at radius 3 is 2.79 bits per heavy atom. The fourth-order valence-electron chi connectivity index (χ4n) is 0.632. The average molecular weight is 258 g/mol. The van der Waals surface area contributed by atoms with Gasteiger partial charge in [0.1, 0.15) is 5.69 Å². The van der Waals surface area contributed by atoms with Gasteiger partial charge in [-0.1, -0.05) is 11.6 Å². The zero-order valence-corrected chi connectivity index (χ0v) is 9.67. The summed E-state index contributed by atoms with van der Waals surface area (Å²) in [6.07, 6.45) is -0.771. The zero-order chi connectivity index (χ0) is 9.84. The Morgan fingerprint density at radius 2 is 2.36 bits per heavy atom. The van der Waals surface area contributed by atoms with Crippen LogP contribution >= 0.6 is 35.3 Å². The summed E-state index contributed by atoms with van der Waals surface area (Å²) in [5, 5.41) is 2.23. The van der Waals surface area contributed by atoms with E-state index in [0.717, 1.165) is 11.3 Å². The molecule has 0 saturated carbocycles. The van der Waals surface area contributed by atoms with Crippen molar-refractivity contribution in [2.24, 2.45) is 0 Å². The predicted octanol–water partition coefficient (Wildman–Crippen LogP) is 2.94. The lowest BCUT2D eigenvalue weighted by atomic mass is 10.5. The van der Waals surface area contributed by atoms with E-state index in [-0.39, 0.29) is 29.8 Å². The Morgan fingerprint density at radius 1 is 1.71 bits per heavy atom. The molecule has 0 aliphatic carbocycles. The van der Waals surface area contributed by atoms with Crippen molar-refractivity contribution in [1.82, 2.24) is 0 Å². The second-order valence-corrected chi connectivity index (χ2v) is 3.32. The highest BCUT2D eigenvalue weighted by Crippen LogP contribution is 2.36. The van der Waals surface area contributed by atoms with Crippen molar-refractivity contribution in [3.05, 3.63) is 10.4 Å². The monoisotopic (exact) mass is 257 g/mol. The largest absolute Gasteiger partial charge is 0.514 e. The van der Waals surface area contributed by atoms with Gasteiger partial charge in [0.2, 0.25) is 5.06 Å². The number of thiophene rings is 1. The summed E-state index contributed by atoms with van der Waals surface area (Å²) in [5.41, 5.74) is 5.76. The number of hydrogen-bond acceptors (Lipinski definition) is 5. The molecule has 0 bridgehead atoms. The minimum Gasteiger partial charge on any atom is -0.434 e. The van der Waals surface area contributed by atoms with Gasteiger partial charge in [0, 0.05) is 5.38 Å². The molecule has 0 amide bonds. The first kappa shape index (κ1) is 13.4. The quantitative estimate of drug-likeness (QED) is 0.828. The molecule has 1 heterocycles. The molecular formula is C7H9Cl2NO3S. The Hall–Kier alpha value is -0.650. The van der Waals surface area contributed by atoms with Gasteiger partial charge in [-0.3, -0.25) is 0 Å². The number of nitrogens with two attached hydrogens (primary N) is 1. The molecule has 0 aromatic carbocycles. The molecule has 1 aromatic heterocycles. The van der Waals surface area contributed by atoms with Gasteiger partial charge in [0.05, 0.1) is 11.6 Å². The normalized spacial score (nSPS) is 9.00. The Labute approximate surface area is 96.4 Å². The number of nitrogen functional groups attached to an aromatic ring is 1. The Kier molecular flexibility index (Phi) is 5.68. The first-order chi connectivity index (χ1) is 6.15. The molecule has 2 N–H and O–H groups in total. The molecule has 4 nitrogen and oxygen atoms in total.